The van der Waals surface area contributed by atoms with Gasteiger partial charge in [-0.2, -0.15) is 0 Å². The number of ether oxygens (including phenoxy) is 1. The van der Waals surface area contributed by atoms with Crippen molar-refractivity contribution in [3.8, 4) is 0 Å². The van der Waals surface area contributed by atoms with Crippen molar-refractivity contribution in [1.82, 2.24) is 9.80 Å². The van der Waals surface area contributed by atoms with E-state index in [0.29, 0.717) is 0 Å². The van der Waals surface area contributed by atoms with Crippen molar-refractivity contribution in [2.24, 2.45) is 0 Å². The zero-order valence-corrected chi connectivity index (χ0v) is 8.59. The van der Waals surface area contributed by atoms with Crippen LogP contribution in [0.3, 0.4) is 0 Å². The molecule has 1 saturated heterocycles. The number of nitrogens with zero attached hydrogens (tertiary/aromatic N) is 2. The third-order valence-corrected chi connectivity index (χ3v) is 2.47. The van der Waals surface area contributed by atoms with E-state index in [1.165, 1.54) is 0 Å². The fourth-order valence-electron chi connectivity index (χ4n) is 1.37. The number of amides is 1. The SMILES string of the molecule is COCCN1CCN(C(=O)Cl)CC1. The minimum absolute atomic E-state index is 0.341. The van der Waals surface area contributed by atoms with Gasteiger partial charge < -0.3 is 9.64 Å². The molecule has 0 spiro atoms. The molecule has 1 heterocycles. The first-order chi connectivity index (χ1) is 6.24. The van der Waals surface area contributed by atoms with E-state index in [0.717, 1.165) is 39.3 Å². The number of rotatable bonds is 3. The number of carbonyl (C=O) groups excluding carboxylic acids is 1. The number of carbonyl (C=O) groups is 1. The zero-order valence-electron chi connectivity index (χ0n) is 7.83. The molecule has 0 radical (unpaired) electrons. The fraction of sp³-hybridized carbons (Fsp3) is 0.875. The van der Waals surface area contributed by atoms with E-state index in [9.17, 15) is 4.79 Å². The molecular formula is C8H15ClN2O2. The number of piperazine rings is 1. The van der Waals surface area contributed by atoms with Gasteiger partial charge in [-0.1, -0.05) is 0 Å². The van der Waals surface area contributed by atoms with Crippen molar-refractivity contribution >= 4 is 17.0 Å². The second-order valence-corrected chi connectivity index (χ2v) is 3.40. The lowest BCUT2D eigenvalue weighted by Gasteiger charge is -2.33. The van der Waals surface area contributed by atoms with Gasteiger partial charge >= 0.3 is 5.37 Å². The molecule has 4 nitrogen and oxygen atoms in total. The van der Waals surface area contributed by atoms with E-state index in [1.54, 1.807) is 12.0 Å². The molecule has 0 N–H and O–H groups in total. The van der Waals surface area contributed by atoms with Crippen molar-refractivity contribution < 1.29 is 9.53 Å². The first-order valence-electron chi connectivity index (χ1n) is 4.39. The Morgan fingerprint density at radius 2 is 2.00 bits per heavy atom. The lowest BCUT2D eigenvalue weighted by Crippen LogP contribution is -2.47. The van der Waals surface area contributed by atoms with E-state index in [1.807, 2.05) is 0 Å². The molecule has 0 aromatic heterocycles. The summed E-state index contributed by atoms with van der Waals surface area (Å²) in [7, 11) is 1.69. The Kier molecular flexibility index (Phi) is 4.48. The van der Waals surface area contributed by atoms with Gasteiger partial charge in [0.1, 0.15) is 0 Å². The summed E-state index contributed by atoms with van der Waals surface area (Å²) in [6, 6.07) is 0. The molecule has 0 aromatic rings. The number of methoxy groups -OCH3 is 1. The normalized spacial score (nSPS) is 19.1. The van der Waals surface area contributed by atoms with E-state index in [2.05, 4.69) is 4.90 Å². The summed E-state index contributed by atoms with van der Waals surface area (Å²) in [5.41, 5.74) is 0. The maximum absolute atomic E-state index is 10.8. The smallest absolute Gasteiger partial charge is 0.316 e. The van der Waals surface area contributed by atoms with Crippen LogP contribution in [0, 0.1) is 0 Å². The third-order valence-electron chi connectivity index (χ3n) is 2.23. The van der Waals surface area contributed by atoms with E-state index in [4.69, 9.17) is 16.3 Å². The predicted molar refractivity (Wildman–Crippen MR) is 51.1 cm³/mol. The third kappa shape index (κ3) is 3.50. The van der Waals surface area contributed by atoms with Gasteiger partial charge in [0, 0.05) is 39.8 Å². The molecule has 1 rings (SSSR count). The summed E-state index contributed by atoms with van der Waals surface area (Å²) in [6.07, 6.45) is 0. The summed E-state index contributed by atoms with van der Waals surface area (Å²) in [5.74, 6) is 0. The molecule has 0 aliphatic carbocycles. The van der Waals surface area contributed by atoms with Crippen molar-refractivity contribution in [3.63, 3.8) is 0 Å². The van der Waals surface area contributed by atoms with Gasteiger partial charge in [0.25, 0.3) is 0 Å². The van der Waals surface area contributed by atoms with Crippen LogP contribution in [0.4, 0.5) is 4.79 Å². The minimum atomic E-state index is -0.341. The second kappa shape index (κ2) is 5.42. The summed E-state index contributed by atoms with van der Waals surface area (Å²) >= 11 is 5.35. The highest BCUT2D eigenvalue weighted by atomic mass is 35.5. The van der Waals surface area contributed by atoms with Crippen molar-refractivity contribution in [2.75, 3.05) is 46.4 Å². The Morgan fingerprint density at radius 1 is 1.38 bits per heavy atom. The Labute approximate surface area is 83.4 Å². The molecule has 1 amide bonds. The van der Waals surface area contributed by atoms with Crippen LogP contribution in [-0.4, -0.2) is 61.6 Å². The van der Waals surface area contributed by atoms with Gasteiger partial charge in [-0.15, -0.1) is 0 Å². The topological polar surface area (TPSA) is 32.8 Å². The highest BCUT2D eigenvalue weighted by molar-refractivity contribution is 6.62. The van der Waals surface area contributed by atoms with Gasteiger partial charge in [-0.25, -0.2) is 0 Å². The molecule has 0 aromatic carbocycles. The maximum Gasteiger partial charge on any atom is 0.316 e. The van der Waals surface area contributed by atoms with Gasteiger partial charge in [0.15, 0.2) is 0 Å². The summed E-state index contributed by atoms with van der Waals surface area (Å²) in [6.45, 7) is 4.91. The van der Waals surface area contributed by atoms with Crippen LogP contribution in [0.15, 0.2) is 0 Å². The van der Waals surface area contributed by atoms with Crippen LogP contribution >= 0.6 is 11.6 Å². The molecular weight excluding hydrogens is 192 g/mol. The molecule has 13 heavy (non-hydrogen) atoms. The Hall–Kier alpha value is -0.320. The molecule has 0 unspecified atom stereocenters. The molecule has 1 aliphatic heterocycles. The molecule has 76 valence electrons. The minimum Gasteiger partial charge on any atom is -0.383 e. The predicted octanol–water partition coefficient (Wildman–Crippen LogP) is 0.609. The lowest BCUT2D eigenvalue weighted by molar-refractivity contribution is 0.112. The zero-order chi connectivity index (χ0) is 9.68. The Bertz CT molecular complexity index is 170. The number of halogens is 1. The first-order valence-corrected chi connectivity index (χ1v) is 4.77. The molecule has 1 aliphatic rings. The number of hydrogen-bond acceptors (Lipinski definition) is 3. The molecule has 0 bridgehead atoms. The highest BCUT2D eigenvalue weighted by Crippen LogP contribution is 2.04. The van der Waals surface area contributed by atoms with Crippen LogP contribution in [0.25, 0.3) is 0 Å². The largest absolute Gasteiger partial charge is 0.383 e. The van der Waals surface area contributed by atoms with Gasteiger partial charge in [-0.05, 0) is 11.6 Å². The maximum atomic E-state index is 10.8. The van der Waals surface area contributed by atoms with Gasteiger partial charge in [0.2, 0.25) is 0 Å². The summed E-state index contributed by atoms with van der Waals surface area (Å²) < 4.78 is 4.97. The van der Waals surface area contributed by atoms with E-state index < -0.39 is 0 Å². The molecule has 0 saturated carbocycles. The van der Waals surface area contributed by atoms with Crippen LogP contribution in [0.1, 0.15) is 0 Å². The summed E-state index contributed by atoms with van der Waals surface area (Å²) in [5, 5.41) is -0.341. The van der Waals surface area contributed by atoms with Gasteiger partial charge in [0.05, 0.1) is 6.61 Å². The van der Waals surface area contributed by atoms with Crippen molar-refractivity contribution in [2.45, 2.75) is 0 Å². The van der Waals surface area contributed by atoms with Crippen LogP contribution in [-0.2, 0) is 4.74 Å². The van der Waals surface area contributed by atoms with Crippen molar-refractivity contribution in [3.05, 3.63) is 0 Å². The summed E-state index contributed by atoms with van der Waals surface area (Å²) in [4.78, 5) is 14.7. The highest BCUT2D eigenvalue weighted by Gasteiger charge is 2.18. The van der Waals surface area contributed by atoms with Crippen molar-refractivity contribution in [1.29, 1.82) is 0 Å². The molecule has 1 fully saturated rings. The monoisotopic (exact) mass is 206 g/mol. The Balaban J connectivity index is 2.18. The first kappa shape index (κ1) is 10.8. The average Bonchev–Trinajstić information content (AvgIpc) is 2.15. The van der Waals surface area contributed by atoms with E-state index in [-0.39, 0.29) is 5.37 Å². The standard InChI is InChI=1S/C8H15ClN2O2/c1-13-7-6-10-2-4-11(5-3-10)8(9)12/h2-7H2,1H3. The van der Waals surface area contributed by atoms with Crippen LogP contribution < -0.4 is 0 Å². The lowest BCUT2D eigenvalue weighted by atomic mass is 10.3. The fourth-order valence-corrected chi connectivity index (χ4v) is 1.54. The quantitative estimate of drug-likeness (QED) is 0.501. The Morgan fingerprint density at radius 3 is 2.46 bits per heavy atom. The van der Waals surface area contributed by atoms with Gasteiger partial charge in [-0.3, -0.25) is 9.69 Å². The second-order valence-electron chi connectivity index (χ2n) is 3.07. The van der Waals surface area contributed by atoms with Crippen LogP contribution in [0.2, 0.25) is 0 Å². The molecule has 0 atom stereocenters. The average molecular weight is 207 g/mol. The van der Waals surface area contributed by atoms with E-state index >= 15 is 0 Å². The molecule has 5 heteroatoms. The van der Waals surface area contributed by atoms with Crippen LogP contribution in [0.5, 0.6) is 0 Å². The number of hydrogen-bond donors (Lipinski definition) is 0.